The lowest BCUT2D eigenvalue weighted by Gasteiger charge is -2.05. The van der Waals surface area contributed by atoms with E-state index in [9.17, 15) is 4.39 Å². The Morgan fingerprint density at radius 1 is 1.50 bits per heavy atom. The highest BCUT2D eigenvalue weighted by Crippen LogP contribution is 2.18. The second-order valence-electron chi connectivity index (χ2n) is 2.26. The Hall–Kier alpha value is -0.900. The van der Waals surface area contributed by atoms with Gasteiger partial charge < -0.3 is 10.5 Å². The third-order valence-electron chi connectivity index (χ3n) is 1.30. The zero-order valence-electron chi connectivity index (χ0n) is 6.46. The summed E-state index contributed by atoms with van der Waals surface area (Å²) in [5.74, 6) is 0.346. The number of anilines is 1. The number of hydrogen-bond donors (Lipinski definition) is 2. The minimum atomic E-state index is -0.434. The fourth-order valence-electron chi connectivity index (χ4n) is 0.790. The van der Waals surface area contributed by atoms with Crippen LogP contribution >= 0.6 is 12.6 Å². The second kappa shape index (κ2) is 4.21. The van der Waals surface area contributed by atoms with E-state index in [1.807, 2.05) is 0 Å². The van der Waals surface area contributed by atoms with Crippen LogP contribution in [0.25, 0.3) is 0 Å². The maximum atomic E-state index is 12.9. The summed E-state index contributed by atoms with van der Waals surface area (Å²) in [4.78, 5) is 0. The number of nitrogens with two attached hydrogens (primary N) is 1. The molecular formula is C8H10FNOS. The molecule has 0 fully saturated rings. The molecular weight excluding hydrogens is 177 g/mol. The van der Waals surface area contributed by atoms with E-state index in [0.717, 1.165) is 0 Å². The Kier molecular flexibility index (Phi) is 3.22. The fraction of sp³-hybridized carbons (Fsp3) is 0.250. The fourth-order valence-corrected chi connectivity index (χ4v) is 0.881. The monoisotopic (exact) mass is 187 g/mol. The summed E-state index contributed by atoms with van der Waals surface area (Å²) in [6.07, 6.45) is 0. The Labute approximate surface area is 75.9 Å². The van der Waals surface area contributed by atoms with Crippen LogP contribution in [0.5, 0.6) is 5.75 Å². The molecule has 0 saturated carbocycles. The zero-order valence-corrected chi connectivity index (χ0v) is 7.35. The van der Waals surface area contributed by atoms with Crippen molar-refractivity contribution in [3.63, 3.8) is 0 Å². The van der Waals surface area contributed by atoms with E-state index in [1.165, 1.54) is 12.1 Å². The number of benzene rings is 1. The van der Waals surface area contributed by atoms with Crippen molar-refractivity contribution in [1.29, 1.82) is 0 Å². The molecule has 0 atom stereocenters. The minimum Gasteiger partial charge on any atom is -0.490 e. The molecule has 0 aliphatic heterocycles. The Balaban J connectivity index is 2.72. The van der Waals surface area contributed by atoms with Crippen LogP contribution in [0.3, 0.4) is 0 Å². The summed E-state index contributed by atoms with van der Waals surface area (Å²) in [5, 5.41) is 0. The molecule has 66 valence electrons. The number of halogens is 1. The molecule has 1 aromatic carbocycles. The first-order valence-electron chi connectivity index (χ1n) is 3.52. The molecule has 0 spiro atoms. The van der Waals surface area contributed by atoms with Gasteiger partial charge in [0.1, 0.15) is 0 Å². The average molecular weight is 187 g/mol. The van der Waals surface area contributed by atoms with E-state index in [1.54, 1.807) is 6.07 Å². The van der Waals surface area contributed by atoms with E-state index in [0.29, 0.717) is 18.0 Å². The molecule has 0 unspecified atom stereocenters. The Morgan fingerprint density at radius 3 is 2.83 bits per heavy atom. The van der Waals surface area contributed by atoms with Crippen molar-refractivity contribution in [3.8, 4) is 5.75 Å². The number of thiol groups is 1. The van der Waals surface area contributed by atoms with Crippen molar-refractivity contribution in [3.05, 3.63) is 24.0 Å². The van der Waals surface area contributed by atoms with Gasteiger partial charge >= 0.3 is 0 Å². The summed E-state index contributed by atoms with van der Waals surface area (Å²) in [6, 6.07) is 4.33. The number of rotatable bonds is 3. The molecule has 0 radical (unpaired) electrons. The van der Waals surface area contributed by atoms with Crippen molar-refractivity contribution < 1.29 is 9.13 Å². The highest BCUT2D eigenvalue weighted by atomic mass is 32.1. The van der Waals surface area contributed by atoms with E-state index >= 15 is 0 Å². The van der Waals surface area contributed by atoms with E-state index in [-0.39, 0.29) is 5.75 Å². The minimum absolute atomic E-state index is 0.221. The van der Waals surface area contributed by atoms with Gasteiger partial charge in [-0.1, -0.05) is 0 Å². The van der Waals surface area contributed by atoms with Gasteiger partial charge in [-0.25, -0.2) is 4.39 Å². The lowest BCUT2D eigenvalue weighted by atomic mass is 10.3. The van der Waals surface area contributed by atoms with Crippen LogP contribution in [-0.2, 0) is 0 Å². The summed E-state index contributed by atoms with van der Waals surface area (Å²) >= 11 is 3.93. The molecule has 1 aromatic rings. The molecule has 2 nitrogen and oxygen atoms in total. The molecule has 1 rings (SSSR count). The van der Waals surface area contributed by atoms with Crippen LogP contribution in [-0.4, -0.2) is 12.4 Å². The van der Waals surface area contributed by atoms with Gasteiger partial charge in [0.15, 0.2) is 11.6 Å². The van der Waals surface area contributed by atoms with Gasteiger partial charge in [0.25, 0.3) is 0 Å². The van der Waals surface area contributed by atoms with Crippen molar-refractivity contribution >= 4 is 18.3 Å². The van der Waals surface area contributed by atoms with Crippen LogP contribution in [0.15, 0.2) is 18.2 Å². The molecule has 0 saturated heterocycles. The maximum absolute atomic E-state index is 12.9. The summed E-state index contributed by atoms with van der Waals surface area (Å²) in [7, 11) is 0. The van der Waals surface area contributed by atoms with Crippen LogP contribution in [0.4, 0.5) is 10.1 Å². The molecule has 4 heteroatoms. The van der Waals surface area contributed by atoms with E-state index in [4.69, 9.17) is 10.5 Å². The molecule has 0 bridgehead atoms. The zero-order chi connectivity index (χ0) is 8.97. The van der Waals surface area contributed by atoms with Gasteiger partial charge in [-0.3, -0.25) is 0 Å². The topological polar surface area (TPSA) is 35.2 Å². The highest BCUT2D eigenvalue weighted by molar-refractivity contribution is 7.80. The van der Waals surface area contributed by atoms with Gasteiger partial charge in [0, 0.05) is 17.5 Å². The molecule has 2 N–H and O–H groups in total. The van der Waals surface area contributed by atoms with Gasteiger partial charge in [-0.05, 0) is 12.1 Å². The normalized spacial score (nSPS) is 9.83. The summed E-state index contributed by atoms with van der Waals surface area (Å²) in [6.45, 7) is 0.393. The standard InChI is InChI=1S/C8H10FNOS/c9-7-5-6(10)1-2-8(7)11-3-4-12/h1-2,5,12H,3-4,10H2. The number of hydrogen-bond acceptors (Lipinski definition) is 3. The lowest BCUT2D eigenvalue weighted by Crippen LogP contribution is -2.00. The predicted octanol–water partition coefficient (Wildman–Crippen LogP) is 1.72. The first-order chi connectivity index (χ1) is 5.74. The van der Waals surface area contributed by atoms with Gasteiger partial charge in [-0.2, -0.15) is 12.6 Å². The lowest BCUT2D eigenvalue weighted by molar-refractivity contribution is 0.325. The van der Waals surface area contributed by atoms with Crippen LogP contribution in [0.2, 0.25) is 0 Å². The SMILES string of the molecule is Nc1ccc(OCCS)c(F)c1. The molecule has 0 heterocycles. The molecule has 0 aliphatic rings. The van der Waals surface area contributed by atoms with Gasteiger partial charge in [0.05, 0.1) is 6.61 Å². The van der Waals surface area contributed by atoms with Gasteiger partial charge in [-0.15, -0.1) is 0 Å². The highest BCUT2D eigenvalue weighted by Gasteiger charge is 2.01. The average Bonchev–Trinajstić information content (AvgIpc) is 2.03. The first kappa shape index (κ1) is 9.19. The van der Waals surface area contributed by atoms with Crippen molar-refractivity contribution in [1.82, 2.24) is 0 Å². The van der Waals surface area contributed by atoms with E-state index < -0.39 is 5.82 Å². The van der Waals surface area contributed by atoms with Crippen LogP contribution in [0.1, 0.15) is 0 Å². The molecule has 0 aromatic heterocycles. The summed E-state index contributed by atoms with van der Waals surface area (Å²) < 4.78 is 18.0. The smallest absolute Gasteiger partial charge is 0.167 e. The maximum Gasteiger partial charge on any atom is 0.167 e. The number of ether oxygens (including phenoxy) is 1. The van der Waals surface area contributed by atoms with Crippen molar-refractivity contribution in [2.75, 3.05) is 18.1 Å². The summed E-state index contributed by atoms with van der Waals surface area (Å²) in [5.41, 5.74) is 5.74. The van der Waals surface area contributed by atoms with E-state index in [2.05, 4.69) is 12.6 Å². The van der Waals surface area contributed by atoms with Crippen molar-refractivity contribution in [2.45, 2.75) is 0 Å². The van der Waals surface area contributed by atoms with Crippen LogP contribution < -0.4 is 10.5 Å². The first-order valence-corrected chi connectivity index (χ1v) is 4.16. The Morgan fingerprint density at radius 2 is 2.25 bits per heavy atom. The molecule has 0 amide bonds. The van der Waals surface area contributed by atoms with Crippen LogP contribution in [0, 0.1) is 5.82 Å². The third-order valence-corrected chi connectivity index (χ3v) is 1.49. The third kappa shape index (κ3) is 2.30. The van der Waals surface area contributed by atoms with Gasteiger partial charge in [0.2, 0.25) is 0 Å². The molecule has 0 aliphatic carbocycles. The Bertz CT molecular complexity index is 267. The molecule has 12 heavy (non-hydrogen) atoms. The van der Waals surface area contributed by atoms with Crippen molar-refractivity contribution in [2.24, 2.45) is 0 Å². The number of nitrogen functional groups attached to an aromatic ring is 1. The predicted molar refractivity (Wildman–Crippen MR) is 50.2 cm³/mol. The second-order valence-corrected chi connectivity index (χ2v) is 2.71. The largest absolute Gasteiger partial charge is 0.490 e. The quantitative estimate of drug-likeness (QED) is 0.558.